The molecule has 0 saturated carbocycles. The van der Waals surface area contributed by atoms with E-state index in [4.69, 9.17) is 9.84 Å². The molecule has 0 amide bonds. The summed E-state index contributed by atoms with van der Waals surface area (Å²) in [5.41, 5.74) is 0. The Bertz CT molecular complexity index is 430. The minimum absolute atomic E-state index is 0.0222. The van der Waals surface area contributed by atoms with Crippen molar-refractivity contribution < 1.29 is 14.6 Å². The number of carboxylic acids is 1. The van der Waals surface area contributed by atoms with Gasteiger partial charge in [0.05, 0.1) is 5.75 Å². The summed E-state index contributed by atoms with van der Waals surface area (Å²) in [4.78, 5) is 10.6. The highest BCUT2D eigenvalue weighted by Gasteiger charge is 2.18. The van der Waals surface area contributed by atoms with Gasteiger partial charge in [0.15, 0.2) is 5.16 Å². The van der Waals surface area contributed by atoms with Crippen molar-refractivity contribution >= 4 is 17.7 Å². The molecular weight excluding hydrogens is 266 g/mol. The first-order valence-corrected chi connectivity index (χ1v) is 7.53. The van der Waals surface area contributed by atoms with Crippen LogP contribution in [0, 0.1) is 5.92 Å². The van der Waals surface area contributed by atoms with Crippen molar-refractivity contribution in [2.75, 3.05) is 19.0 Å². The first-order valence-electron chi connectivity index (χ1n) is 6.55. The third kappa shape index (κ3) is 3.94. The lowest BCUT2D eigenvalue weighted by Gasteiger charge is -2.11. The highest BCUT2D eigenvalue weighted by Crippen LogP contribution is 2.21. The fourth-order valence-electron chi connectivity index (χ4n) is 2.16. The molecule has 0 spiro atoms. The Hall–Kier alpha value is -1.08. The second kappa shape index (κ2) is 6.91. The Labute approximate surface area is 116 Å². The van der Waals surface area contributed by atoms with Gasteiger partial charge in [-0.25, -0.2) is 0 Å². The van der Waals surface area contributed by atoms with Gasteiger partial charge in [0.25, 0.3) is 0 Å². The minimum Gasteiger partial charge on any atom is -0.481 e. The molecule has 2 heterocycles. The highest BCUT2D eigenvalue weighted by molar-refractivity contribution is 7.99. The molecule has 1 aliphatic rings. The maximum absolute atomic E-state index is 10.6. The van der Waals surface area contributed by atoms with E-state index in [1.54, 1.807) is 0 Å². The zero-order valence-electron chi connectivity index (χ0n) is 11.0. The first kappa shape index (κ1) is 14.3. The van der Waals surface area contributed by atoms with Gasteiger partial charge in [-0.05, 0) is 18.8 Å². The lowest BCUT2D eigenvalue weighted by atomic mass is 10.1. The van der Waals surface area contributed by atoms with Crippen molar-refractivity contribution in [1.82, 2.24) is 14.8 Å². The van der Waals surface area contributed by atoms with E-state index in [1.165, 1.54) is 11.8 Å². The fraction of sp³-hybridized carbons (Fsp3) is 0.750. The van der Waals surface area contributed by atoms with Gasteiger partial charge in [0, 0.05) is 26.2 Å². The van der Waals surface area contributed by atoms with Crippen molar-refractivity contribution in [2.24, 2.45) is 5.92 Å². The molecule has 1 aliphatic heterocycles. The normalized spacial score (nSPS) is 18.9. The highest BCUT2D eigenvalue weighted by atomic mass is 32.2. The summed E-state index contributed by atoms with van der Waals surface area (Å²) in [6.07, 6.45) is 2.95. The predicted octanol–water partition coefficient (Wildman–Crippen LogP) is 1.44. The summed E-state index contributed by atoms with van der Waals surface area (Å²) < 4.78 is 7.42. The minimum atomic E-state index is -0.832. The summed E-state index contributed by atoms with van der Waals surface area (Å²) in [6.45, 7) is 4.56. The van der Waals surface area contributed by atoms with Gasteiger partial charge >= 0.3 is 5.97 Å². The van der Waals surface area contributed by atoms with Gasteiger partial charge in [0.2, 0.25) is 0 Å². The van der Waals surface area contributed by atoms with Crippen molar-refractivity contribution in [3.63, 3.8) is 0 Å². The molecule has 1 aromatic heterocycles. The van der Waals surface area contributed by atoms with Crippen molar-refractivity contribution in [3.8, 4) is 0 Å². The average molecular weight is 285 g/mol. The third-order valence-electron chi connectivity index (χ3n) is 3.22. The van der Waals surface area contributed by atoms with Gasteiger partial charge in [0.1, 0.15) is 5.82 Å². The summed E-state index contributed by atoms with van der Waals surface area (Å²) in [6, 6.07) is 0. The van der Waals surface area contributed by atoms with Gasteiger partial charge in [-0.3, -0.25) is 4.79 Å². The summed E-state index contributed by atoms with van der Waals surface area (Å²) >= 11 is 1.23. The number of aliphatic carboxylic acids is 1. The first-order chi connectivity index (χ1) is 9.20. The van der Waals surface area contributed by atoms with Gasteiger partial charge in [-0.2, -0.15) is 0 Å². The summed E-state index contributed by atoms with van der Waals surface area (Å²) in [5, 5.41) is 17.7. The van der Waals surface area contributed by atoms with Gasteiger partial charge in [-0.15, -0.1) is 10.2 Å². The summed E-state index contributed by atoms with van der Waals surface area (Å²) in [5.74, 6) is 0.715. The van der Waals surface area contributed by atoms with Crippen molar-refractivity contribution in [2.45, 2.75) is 37.9 Å². The molecule has 0 radical (unpaired) electrons. The molecule has 0 aliphatic carbocycles. The number of hydrogen-bond acceptors (Lipinski definition) is 5. The quantitative estimate of drug-likeness (QED) is 0.764. The molecule has 7 heteroatoms. The molecular formula is C12H19N3O3S. The zero-order valence-corrected chi connectivity index (χ0v) is 11.9. The van der Waals surface area contributed by atoms with Crippen LogP contribution in [0.1, 0.15) is 25.6 Å². The second-order valence-electron chi connectivity index (χ2n) is 4.60. The van der Waals surface area contributed by atoms with Crippen molar-refractivity contribution in [3.05, 3.63) is 5.82 Å². The van der Waals surface area contributed by atoms with Crippen LogP contribution in [0.15, 0.2) is 5.16 Å². The van der Waals surface area contributed by atoms with Crippen molar-refractivity contribution in [1.29, 1.82) is 0 Å². The Morgan fingerprint density at radius 3 is 3.05 bits per heavy atom. The monoisotopic (exact) mass is 285 g/mol. The predicted molar refractivity (Wildman–Crippen MR) is 71.3 cm³/mol. The van der Waals surface area contributed by atoms with Crippen LogP contribution in [0.3, 0.4) is 0 Å². The molecule has 1 saturated heterocycles. The molecule has 1 unspecified atom stereocenters. The number of rotatable bonds is 7. The fourth-order valence-corrected chi connectivity index (χ4v) is 2.86. The van der Waals surface area contributed by atoms with E-state index in [2.05, 4.69) is 10.2 Å². The molecule has 1 fully saturated rings. The Kier molecular flexibility index (Phi) is 5.21. The van der Waals surface area contributed by atoms with E-state index in [0.29, 0.717) is 11.1 Å². The van der Waals surface area contributed by atoms with Crippen LogP contribution in [0.25, 0.3) is 0 Å². The molecule has 0 bridgehead atoms. The second-order valence-corrected chi connectivity index (χ2v) is 5.55. The van der Waals surface area contributed by atoms with Gasteiger partial charge < -0.3 is 14.4 Å². The van der Waals surface area contributed by atoms with Gasteiger partial charge in [-0.1, -0.05) is 18.7 Å². The molecule has 106 valence electrons. The molecule has 19 heavy (non-hydrogen) atoms. The lowest BCUT2D eigenvalue weighted by Crippen LogP contribution is -2.10. The Balaban J connectivity index is 1.98. The average Bonchev–Trinajstić information content (AvgIpc) is 3.02. The molecule has 1 atom stereocenters. The maximum Gasteiger partial charge on any atom is 0.313 e. The number of hydrogen-bond donors (Lipinski definition) is 1. The summed E-state index contributed by atoms with van der Waals surface area (Å²) in [7, 11) is 0. The maximum atomic E-state index is 10.6. The van der Waals surface area contributed by atoms with Crippen LogP contribution < -0.4 is 0 Å². The standard InChI is InChI=1S/C12H19N3O3S/c1-2-10-13-14-12(19-8-11(16)17)15(10)5-3-9-4-6-18-7-9/h9H,2-8H2,1H3,(H,16,17). The number of aryl methyl sites for hydroxylation is 1. The molecule has 6 nitrogen and oxygen atoms in total. The number of carbonyl (C=O) groups is 1. The number of aromatic nitrogens is 3. The molecule has 1 N–H and O–H groups in total. The van der Waals surface area contributed by atoms with Crippen LogP contribution in [0.5, 0.6) is 0 Å². The van der Waals surface area contributed by atoms with Crippen LogP contribution in [-0.4, -0.2) is 44.8 Å². The number of ether oxygens (including phenoxy) is 1. The number of nitrogens with zero attached hydrogens (tertiary/aromatic N) is 3. The van der Waals surface area contributed by atoms with E-state index in [-0.39, 0.29) is 5.75 Å². The number of carboxylic acid groups (broad SMARTS) is 1. The Morgan fingerprint density at radius 2 is 2.42 bits per heavy atom. The van der Waals surface area contributed by atoms with E-state index in [9.17, 15) is 4.79 Å². The molecule has 2 rings (SSSR count). The molecule has 0 aromatic carbocycles. The van der Waals surface area contributed by atoms with Crippen LogP contribution in [0.2, 0.25) is 0 Å². The number of thioether (sulfide) groups is 1. The zero-order chi connectivity index (χ0) is 13.7. The third-order valence-corrected chi connectivity index (χ3v) is 4.17. The van der Waals surface area contributed by atoms with Crippen LogP contribution >= 0.6 is 11.8 Å². The van der Waals surface area contributed by atoms with E-state index < -0.39 is 5.97 Å². The smallest absolute Gasteiger partial charge is 0.313 e. The largest absolute Gasteiger partial charge is 0.481 e. The SMILES string of the molecule is CCc1nnc(SCC(=O)O)n1CCC1CCOC1. The topological polar surface area (TPSA) is 77.2 Å². The molecule has 1 aromatic rings. The lowest BCUT2D eigenvalue weighted by molar-refractivity contribution is -0.133. The Morgan fingerprint density at radius 1 is 1.58 bits per heavy atom. The van der Waals surface area contributed by atoms with Crippen LogP contribution in [0.4, 0.5) is 0 Å². The van der Waals surface area contributed by atoms with E-state index in [0.717, 1.165) is 44.8 Å². The van der Waals surface area contributed by atoms with E-state index >= 15 is 0 Å². The van der Waals surface area contributed by atoms with Crippen LogP contribution in [-0.2, 0) is 22.5 Å². The van der Waals surface area contributed by atoms with E-state index in [1.807, 2.05) is 11.5 Å².